The van der Waals surface area contributed by atoms with Crippen molar-refractivity contribution >= 4 is 11.6 Å². The Bertz CT molecular complexity index is 397. The van der Waals surface area contributed by atoms with E-state index in [4.69, 9.17) is 11.6 Å². The number of aromatic hydroxyl groups is 1. The number of hydrogen-bond donors (Lipinski definition) is 2. The average molecular weight is 254 g/mol. The molecule has 1 aromatic carbocycles. The number of halogens is 1. The lowest BCUT2D eigenvalue weighted by Gasteiger charge is -2.15. The minimum atomic E-state index is 0.254. The van der Waals surface area contributed by atoms with Gasteiger partial charge in [0, 0.05) is 6.04 Å². The summed E-state index contributed by atoms with van der Waals surface area (Å²) < 4.78 is 0. The molecular weight excluding hydrogens is 234 g/mol. The lowest BCUT2D eigenvalue weighted by Crippen LogP contribution is -2.23. The summed E-state index contributed by atoms with van der Waals surface area (Å²) in [7, 11) is 0. The minimum Gasteiger partial charge on any atom is -0.506 e. The maximum Gasteiger partial charge on any atom is 0.137 e. The van der Waals surface area contributed by atoms with Crippen molar-refractivity contribution < 1.29 is 5.11 Å². The van der Waals surface area contributed by atoms with E-state index in [0.717, 1.165) is 18.5 Å². The Morgan fingerprint density at radius 3 is 2.82 bits per heavy atom. The fourth-order valence-electron chi connectivity index (χ4n) is 2.36. The van der Waals surface area contributed by atoms with E-state index in [1.165, 1.54) is 18.4 Å². The Balaban J connectivity index is 2.24. The van der Waals surface area contributed by atoms with Crippen LogP contribution in [0.5, 0.6) is 5.75 Å². The van der Waals surface area contributed by atoms with Crippen molar-refractivity contribution in [2.45, 2.75) is 45.1 Å². The molecule has 0 spiro atoms. The zero-order valence-corrected chi connectivity index (χ0v) is 11.2. The fourth-order valence-corrected chi connectivity index (χ4v) is 2.61. The molecule has 1 aliphatic rings. The highest BCUT2D eigenvalue weighted by molar-refractivity contribution is 6.32. The SMILES string of the molecule is CC(C)c1cc(Cl)c(O)c(CC2CCCN2)c1. The van der Waals surface area contributed by atoms with Crippen molar-refractivity contribution in [3.8, 4) is 5.75 Å². The van der Waals surface area contributed by atoms with Crippen LogP contribution in [0, 0.1) is 0 Å². The van der Waals surface area contributed by atoms with Crippen molar-refractivity contribution in [1.82, 2.24) is 5.32 Å². The molecule has 2 N–H and O–H groups in total. The van der Waals surface area contributed by atoms with Crippen LogP contribution in [-0.4, -0.2) is 17.7 Å². The van der Waals surface area contributed by atoms with Gasteiger partial charge in [0.2, 0.25) is 0 Å². The van der Waals surface area contributed by atoms with Gasteiger partial charge in [-0.05, 0) is 48.9 Å². The molecule has 1 atom stereocenters. The highest BCUT2D eigenvalue weighted by atomic mass is 35.5. The van der Waals surface area contributed by atoms with Gasteiger partial charge >= 0.3 is 0 Å². The molecule has 0 aliphatic carbocycles. The Kier molecular flexibility index (Phi) is 3.95. The second-order valence-corrected chi connectivity index (χ2v) is 5.57. The first kappa shape index (κ1) is 12.7. The predicted octanol–water partition coefficient (Wildman–Crippen LogP) is 3.46. The third kappa shape index (κ3) is 2.93. The smallest absolute Gasteiger partial charge is 0.137 e. The molecule has 1 unspecified atom stereocenters. The molecule has 2 nitrogen and oxygen atoms in total. The van der Waals surface area contributed by atoms with Crippen LogP contribution in [0.2, 0.25) is 5.02 Å². The molecule has 1 fully saturated rings. The van der Waals surface area contributed by atoms with Crippen LogP contribution in [0.25, 0.3) is 0 Å². The van der Waals surface area contributed by atoms with Gasteiger partial charge in [-0.1, -0.05) is 31.5 Å². The Morgan fingerprint density at radius 2 is 2.24 bits per heavy atom. The van der Waals surface area contributed by atoms with Crippen molar-refractivity contribution in [2.75, 3.05) is 6.54 Å². The van der Waals surface area contributed by atoms with Crippen LogP contribution in [0.3, 0.4) is 0 Å². The first-order valence-electron chi connectivity index (χ1n) is 6.32. The standard InChI is InChI=1S/C14H20ClNO/c1-9(2)10-6-11(14(17)13(15)8-10)7-12-4-3-5-16-12/h6,8-9,12,16-17H,3-5,7H2,1-2H3. The summed E-state index contributed by atoms with van der Waals surface area (Å²) in [6.45, 7) is 5.36. The summed E-state index contributed by atoms with van der Waals surface area (Å²) in [6, 6.07) is 4.44. The molecule has 3 heteroatoms. The molecule has 0 aromatic heterocycles. The lowest BCUT2D eigenvalue weighted by molar-refractivity contribution is 0.462. The second kappa shape index (κ2) is 5.28. The molecule has 1 aliphatic heterocycles. The first-order chi connectivity index (χ1) is 8.08. The van der Waals surface area contributed by atoms with Crippen molar-refractivity contribution in [3.05, 3.63) is 28.3 Å². The number of benzene rings is 1. The van der Waals surface area contributed by atoms with E-state index in [2.05, 4.69) is 25.2 Å². The summed E-state index contributed by atoms with van der Waals surface area (Å²) in [5, 5.41) is 13.9. The third-order valence-electron chi connectivity index (χ3n) is 3.46. The van der Waals surface area contributed by atoms with Crippen LogP contribution in [0.1, 0.15) is 43.7 Å². The molecule has 1 saturated heterocycles. The van der Waals surface area contributed by atoms with Gasteiger partial charge in [0.25, 0.3) is 0 Å². The van der Waals surface area contributed by atoms with Gasteiger partial charge in [-0.15, -0.1) is 0 Å². The van der Waals surface area contributed by atoms with Crippen LogP contribution in [0.15, 0.2) is 12.1 Å². The van der Waals surface area contributed by atoms with E-state index in [9.17, 15) is 5.11 Å². The zero-order chi connectivity index (χ0) is 12.4. The zero-order valence-electron chi connectivity index (χ0n) is 10.5. The molecule has 0 amide bonds. The van der Waals surface area contributed by atoms with Gasteiger partial charge in [0.1, 0.15) is 5.75 Å². The van der Waals surface area contributed by atoms with Crippen LogP contribution in [0.4, 0.5) is 0 Å². The molecule has 1 heterocycles. The highest BCUT2D eigenvalue weighted by Crippen LogP contribution is 2.33. The molecule has 0 bridgehead atoms. The Morgan fingerprint density at radius 1 is 1.47 bits per heavy atom. The topological polar surface area (TPSA) is 32.3 Å². The first-order valence-corrected chi connectivity index (χ1v) is 6.70. The Labute approximate surface area is 108 Å². The van der Waals surface area contributed by atoms with Gasteiger partial charge in [-0.2, -0.15) is 0 Å². The molecule has 17 heavy (non-hydrogen) atoms. The van der Waals surface area contributed by atoms with Crippen LogP contribution < -0.4 is 5.32 Å². The summed E-state index contributed by atoms with van der Waals surface area (Å²) in [5.41, 5.74) is 2.17. The molecule has 0 radical (unpaired) electrons. The summed E-state index contributed by atoms with van der Waals surface area (Å²) in [6.07, 6.45) is 3.28. The number of hydrogen-bond acceptors (Lipinski definition) is 2. The molecule has 94 valence electrons. The van der Waals surface area contributed by atoms with Crippen LogP contribution >= 0.6 is 11.6 Å². The molecule has 2 rings (SSSR count). The summed E-state index contributed by atoms with van der Waals surface area (Å²) in [4.78, 5) is 0. The summed E-state index contributed by atoms with van der Waals surface area (Å²) in [5.74, 6) is 0.688. The fraction of sp³-hybridized carbons (Fsp3) is 0.571. The Hall–Kier alpha value is -0.730. The van der Waals surface area contributed by atoms with E-state index in [-0.39, 0.29) is 5.75 Å². The third-order valence-corrected chi connectivity index (χ3v) is 3.75. The van der Waals surface area contributed by atoms with Crippen LogP contribution in [-0.2, 0) is 6.42 Å². The number of phenolic OH excluding ortho intramolecular Hbond substituents is 1. The maximum atomic E-state index is 10.0. The van der Waals surface area contributed by atoms with Gasteiger partial charge in [0.15, 0.2) is 0 Å². The number of nitrogens with one attached hydrogen (secondary N) is 1. The maximum absolute atomic E-state index is 10.0. The van der Waals surface area contributed by atoms with Gasteiger partial charge < -0.3 is 10.4 Å². The minimum absolute atomic E-state index is 0.254. The normalized spacial score (nSPS) is 20.1. The number of phenols is 1. The number of rotatable bonds is 3. The quantitative estimate of drug-likeness (QED) is 0.865. The highest BCUT2D eigenvalue weighted by Gasteiger charge is 2.18. The van der Waals surface area contributed by atoms with E-state index in [0.29, 0.717) is 17.0 Å². The molecular formula is C14H20ClNO. The van der Waals surface area contributed by atoms with E-state index in [1.54, 1.807) is 0 Å². The lowest BCUT2D eigenvalue weighted by atomic mass is 9.96. The van der Waals surface area contributed by atoms with E-state index in [1.807, 2.05) is 6.07 Å². The summed E-state index contributed by atoms with van der Waals surface area (Å²) >= 11 is 6.08. The van der Waals surface area contributed by atoms with E-state index < -0.39 is 0 Å². The van der Waals surface area contributed by atoms with Gasteiger partial charge in [-0.3, -0.25) is 0 Å². The van der Waals surface area contributed by atoms with E-state index >= 15 is 0 Å². The van der Waals surface area contributed by atoms with Crippen molar-refractivity contribution in [3.63, 3.8) is 0 Å². The van der Waals surface area contributed by atoms with Crippen molar-refractivity contribution in [2.24, 2.45) is 0 Å². The largest absolute Gasteiger partial charge is 0.506 e. The predicted molar refractivity (Wildman–Crippen MR) is 71.9 cm³/mol. The van der Waals surface area contributed by atoms with Gasteiger partial charge in [0.05, 0.1) is 5.02 Å². The second-order valence-electron chi connectivity index (χ2n) is 5.16. The van der Waals surface area contributed by atoms with Crippen molar-refractivity contribution in [1.29, 1.82) is 0 Å². The molecule has 0 saturated carbocycles. The monoisotopic (exact) mass is 253 g/mol. The van der Waals surface area contributed by atoms with Gasteiger partial charge in [-0.25, -0.2) is 0 Å². The average Bonchev–Trinajstić information content (AvgIpc) is 2.77. The molecule has 1 aromatic rings.